The van der Waals surface area contributed by atoms with Crippen LogP contribution in [0, 0.1) is 0 Å². The zero-order valence-corrected chi connectivity index (χ0v) is 15.2. The van der Waals surface area contributed by atoms with E-state index in [0.29, 0.717) is 12.1 Å². The molecule has 0 radical (unpaired) electrons. The van der Waals surface area contributed by atoms with Crippen LogP contribution >= 0.6 is 15.9 Å². The summed E-state index contributed by atoms with van der Waals surface area (Å²) >= 11 is 3.55. The van der Waals surface area contributed by atoms with E-state index in [4.69, 9.17) is 9.94 Å². The van der Waals surface area contributed by atoms with Crippen molar-refractivity contribution >= 4 is 38.2 Å². The average molecular weight is 401 g/mol. The van der Waals surface area contributed by atoms with Crippen LogP contribution in [-0.2, 0) is 11.3 Å². The van der Waals surface area contributed by atoms with Gasteiger partial charge in [0.2, 0.25) is 5.91 Å². The number of carbonyl (C=O) groups is 1. The van der Waals surface area contributed by atoms with Crippen molar-refractivity contribution in [3.8, 4) is 5.75 Å². The summed E-state index contributed by atoms with van der Waals surface area (Å²) in [5.41, 5.74) is 3.34. The monoisotopic (exact) mass is 400 g/mol. The number of ether oxygens (including phenoxy) is 1. The fourth-order valence-corrected chi connectivity index (χ4v) is 3.37. The molecule has 0 saturated carbocycles. The molecule has 1 aliphatic rings. The Kier molecular flexibility index (Phi) is 5.19. The van der Waals surface area contributed by atoms with Crippen LogP contribution in [0.15, 0.2) is 59.3 Å². The number of nitrogens with zero attached hydrogens (tertiary/aromatic N) is 2. The number of methoxy groups -OCH3 is 1. The van der Waals surface area contributed by atoms with Crippen LogP contribution in [0.4, 0.5) is 5.69 Å². The van der Waals surface area contributed by atoms with Crippen molar-refractivity contribution in [1.29, 1.82) is 0 Å². The van der Waals surface area contributed by atoms with Crippen molar-refractivity contribution in [2.24, 2.45) is 5.16 Å². The minimum absolute atomic E-state index is 0.0624. The first kappa shape index (κ1) is 17.2. The van der Waals surface area contributed by atoms with Gasteiger partial charge in [-0.1, -0.05) is 35.5 Å². The lowest BCUT2D eigenvalue weighted by atomic mass is 10.1. The number of para-hydroxylation sites is 1. The van der Waals surface area contributed by atoms with Gasteiger partial charge in [-0.2, -0.15) is 0 Å². The molecule has 1 heterocycles. The summed E-state index contributed by atoms with van der Waals surface area (Å²) in [6.07, 6.45) is 1.45. The largest absolute Gasteiger partial charge is 0.497 e. The van der Waals surface area contributed by atoms with E-state index in [-0.39, 0.29) is 12.3 Å². The minimum Gasteiger partial charge on any atom is -0.497 e. The molecule has 25 heavy (non-hydrogen) atoms. The van der Waals surface area contributed by atoms with Gasteiger partial charge in [-0.15, -0.1) is 0 Å². The Labute approximate surface area is 154 Å². The Morgan fingerprint density at radius 2 is 1.96 bits per heavy atom. The van der Waals surface area contributed by atoms with E-state index < -0.39 is 0 Å². The lowest BCUT2D eigenvalue weighted by Crippen LogP contribution is -2.30. The second kappa shape index (κ2) is 7.53. The fraction of sp³-hybridized carbons (Fsp3) is 0.158. The Hall–Kier alpha value is -2.60. The van der Waals surface area contributed by atoms with E-state index >= 15 is 0 Å². The van der Waals surface area contributed by atoms with Crippen LogP contribution < -0.4 is 9.64 Å². The van der Waals surface area contributed by atoms with Crippen molar-refractivity contribution in [3.63, 3.8) is 0 Å². The van der Waals surface area contributed by atoms with E-state index in [2.05, 4.69) is 21.1 Å². The summed E-state index contributed by atoms with van der Waals surface area (Å²) in [7, 11) is 1.62. The highest BCUT2D eigenvalue weighted by Gasteiger charge is 2.26. The molecule has 0 atom stereocenters. The van der Waals surface area contributed by atoms with Crippen LogP contribution in [0.2, 0.25) is 0 Å². The smallest absolute Gasteiger partial charge is 0.231 e. The number of halogens is 1. The van der Waals surface area contributed by atoms with E-state index in [1.807, 2.05) is 48.5 Å². The summed E-state index contributed by atoms with van der Waals surface area (Å²) in [4.78, 5) is 14.6. The van der Waals surface area contributed by atoms with Gasteiger partial charge >= 0.3 is 0 Å². The zero-order chi connectivity index (χ0) is 17.8. The van der Waals surface area contributed by atoms with Gasteiger partial charge in [-0.05, 0) is 45.3 Å². The number of benzene rings is 2. The highest BCUT2D eigenvalue weighted by Crippen LogP contribution is 2.38. The highest BCUT2D eigenvalue weighted by molar-refractivity contribution is 9.15. The third-order valence-electron chi connectivity index (χ3n) is 4.07. The number of anilines is 1. The number of fused-ring (bicyclic) bond motifs is 1. The Morgan fingerprint density at radius 1 is 1.24 bits per heavy atom. The molecule has 2 aromatic carbocycles. The molecular formula is C19H17BrN2O3. The number of hydrogen-bond donors (Lipinski definition) is 1. The van der Waals surface area contributed by atoms with Gasteiger partial charge in [0.05, 0.1) is 32.0 Å². The maximum Gasteiger partial charge on any atom is 0.231 e. The van der Waals surface area contributed by atoms with Crippen molar-refractivity contribution in [2.75, 3.05) is 12.0 Å². The molecule has 6 heteroatoms. The summed E-state index contributed by atoms with van der Waals surface area (Å²) in [6, 6.07) is 15.3. The number of oxime groups is 1. The molecule has 1 aliphatic heterocycles. The predicted octanol–water partition coefficient (Wildman–Crippen LogP) is 4.20. The summed E-state index contributed by atoms with van der Waals surface area (Å²) in [5.74, 6) is 0.713. The van der Waals surface area contributed by atoms with Crippen LogP contribution in [-0.4, -0.2) is 24.4 Å². The number of hydrogen-bond acceptors (Lipinski definition) is 4. The average Bonchev–Trinajstić information content (AvgIpc) is 2.74. The molecule has 3 rings (SSSR count). The topological polar surface area (TPSA) is 62.1 Å². The molecule has 0 bridgehead atoms. The Bertz CT molecular complexity index is 844. The third kappa shape index (κ3) is 3.58. The van der Waals surface area contributed by atoms with E-state index in [9.17, 15) is 4.79 Å². The SMILES string of the molecule is COc1ccc(CN2C(=O)CC(C=NO)=C(Br)c3ccccc32)cc1. The first-order chi connectivity index (χ1) is 12.1. The van der Waals surface area contributed by atoms with Crippen molar-refractivity contribution in [3.05, 3.63) is 65.2 Å². The molecule has 0 aromatic heterocycles. The van der Waals surface area contributed by atoms with Gasteiger partial charge in [-0.25, -0.2) is 0 Å². The molecule has 1 N–H and O–H groups in total. The maximum atomic E-state index is 12.8. The van der Waals surface area contributed by atoms with Gasteiger partial charge in [0.15, 0.2) is 0 Å². The van der Waals surface area contributed by atoms with Crippen LogP contribution in [0.25, 0.3) is 4.48 Å². The molecule has 1 amide bonds. The fourth-order valence-electron chi connectivity index (χ4n) is 2.80. The highest BCUT2D eigenvalue weighted by atomic mass is 79.9. The summed E-state index contributed by atoms with van der Waals surface area (Å²) in [5, 5.41) is 12.0. The second-order valence-corrected chi connectivity index (χ2v) is 6.40. The predicted molar refractivity (Wildman–Crippen MR) is 101 cm³/mol. The normalized spacial score (nSPS) is 14.6. The van der Waals surface area contributed by atoms with Gasteiger partial charge in [0, 0.05) is 10.0 Å². The molecule has 0 unspecified atom stereocenters. The molecule has 128 valence electrons. The van der Waals surface area contributed by atoms with E-state index in [1.54, 1.807) is 12.0 Å². The Morgan fingerprint density at radius 3 is 2.64 bits per heavy atom. The van der Waals surface area contributed by atoms with Crippen LogP contribution in [0.3, 0.4) is 0 Å². The first-order valence-electron chi connectivity index (χ1n) is 7.73. The van der Waals surface area contributed by atoms with Gasteiger partial charge in [0.1, 0.15) is 5.75 Å². The van der Waals surface area contributed by atoms with Gasteiger partial charge in [0.25, 0.3) is 0 Å². The first-order valence-corrected chi connectivity index (χ1v) is 8.52. The number of carbonyl (C=O) groups excluding carboxylic acids is 1. The Balaban J connectivity index is 2.00. The third-order valence-corrected chi connectivity index (χ3v) is 5.01. The number of rotatable bonds is 4. The lowest BCUT2D eigenvalue weighted by Gasteiger charge is -2.23. The van der Waals surface area contributed by atoms with Gasteiger partial charge < -0.3 is 14.8 Å². The summed E-state index contributed by atoms with van der Waals surface area (Å²) < 4.78 is 5.94. The minimum atomic E-state index is -0.0624. The standard InChI is InChI=1S/C19H17BrN2O3/c1-25-15-8-6-13(7-9-15)12-22-17-5-3-2-4-16(17)19(20)14(11-21-24)10-18(22)23/h2-9,11,24H,10,12H2,1H3. The van der Waals surface area contributed by atoms with Gasteiger partial charge in [-0.3, -0.25) is 4.79 Å². The quantitative estimate of drug-likeness (QED) is 0.475. The molecule has 0 aliphatic carbocycles. The van der Waals surface area contributed by atoms with Crippen LogP contribution in [0.5, 0.6) is 5.75 Å². The number of amides is 1. The van der Waals surface area contributed by atoms with Crippen molar-refractivity contribution < 1.29 is 14.7 Å². The summed E-state index contributed by atoms with van der Waals surface area (Å²) in [6.45, 7) is 0.448. The lowest BCUT2D eigenvalue weighted by molar-refractivity contribution is -0.118. The molecule has 0 saturated heterocycles. The molecular weight excluding hydrogens is 384 g/mol. The van der Waals surface area contributed by atoms with Crippen LogP contribution in [0.1, 0.15) is 17.5 Å². The molecule has 2 aromatic rings. The van der Waals surface area contributed by atoms with Crippen molar-refractivity contribution in [2.45, 2.75) is 13.0 Å². The second-order valence-electron chi connectivity index (χ2n) is 5.61. The molecule has 0 spiro atoms. The van der Waals surface area contributed by atoms with E-state index in [1.165, 1.54) is 6.21 Å². The maximum absolute atomic E-state index is 12.8. The molecule has 5 nitrogen and oxygen atoms in total. The zero-order valence-electron chi connectivity index (χ0n) is 13.6. The molecule has 0 fully saturated rings. The van der Waals surface area contributed by atoms with E-state index in [0.717, 1.165) is 27.0 Å². The van der Waals surface area contributed by atoms with Crippen molar-refractivity contribution in [1.82, 2.24) is 0 Å².